The molecule has 6 heteroatoms. The predicted molar refractivity (Wildman–Crippen MR) is 85.2 cm³/mol. The first-order valence-electron chi connectivity index (χ1n) is 7.52. The fourth-order valence-corrected chi connectivity index (χ4v) is 3.09. The summed E-state index contributed by atoms with van der Waals surface area (Å²) < 4.78 is 0. The van der Waals surface area contributed by atoms with E-state index in [1.54, 1.807) is 11.8 Å². The second-order valence-corrected chi connectivity index (χ2v) is 6.22. The standard InChI is InChI=1S/C15H24N4OS/c1-11-13(12(2)17-15(16-11)21-3)7-8-14(20)18-19-9-5-4-6-10-19/h4-10H2,1-3H3,(H,18,20). The minimum Gasteiger partial charge on any atom is -0.289 e. The van der Waals surface area contributed by atoms with Crippen molar-refractivity contribution in [2.45, 2.75) is 51.1 Å². The quantitative estimate of drug-likeness (QED) is 0.668. The number of hydrazine groups is 1. The Kier molecular flexibility index (Phi) is 5.99. The average Bonchev–Trinajstić information content (AvgIpc) is 2.47. The summed E-state index contributed by atoms with van der Waals surface area (Å²) in [6, 6.07) is 0. The predicted octanol–water partition coefficient (Wildman–Crippen LogP) is 2.27. The van der Waals surface area contributed by atoms with Gasteiger partial charge in [0, 0.05) is 30.9 Å². The highest BCUT2D eigenvalue weighted by atomic mass is 32.2. The Hall–Kier alpha value is -1.14. The molecule has 5 nitrogen and oxygen atoms in total. The molecule has 1 aromatic heterocycles. The van der Waals surface area contributed by atoms with Crippen molar-refractivity contribution in [2.24, 2.45) is 0 Å². The molecule has 0 atom stereocenters. The van der Waals surface area contributed by atoms with E-state index < -0.39 is 0 Å². The molecule has 1 amide bonds. The van der Waals surface area contributed by atoms with Crippen LogP contribution in [-0.4, -0.2) is 40.2 Å². The van der Waals surface area contributed by atoms with E-state index >= 15 is 0 Å². The zero-order valence-electron chi connectivity index (χ0n) is 13.1. The molecule has 1 saturated heterocycles. The second-order valence-electron chi connectivity index (χ2n) is 5.44. The van der Waals surface area contributed by atoms with E-state index in [2.05, 4.69) is 15.4 Å². The highest BCUT2D eigenvalue weighted by Crippen LogP contribution is 2.17. The van der Waals surface area contributed by atoms with Crippen molar-refractivity contribution in [1.29, 1.82) is 0 Å². The molecule has 0 spiro atoms. The Labute approximate surface area is 130 Å². The van der Waals surface area contributed by atoms with Crippen molar-refractivity contribution < 1.29 is 4.79 Å². The molecule has 2 rings (SSSR count). The van der Waals surface area contributed by atoms with E-state index in [-0.39, 0.29) is 5.91 Å². The zero-order chi connectivity index (χ0) is 15.2. The van der Waals surface area contributed by atoms with Gasteiger partial charge in [0.2, 0.25) is 5.91 Å². The van der Waals surface area contributed by atoms with Crippen LogP contribution < -0.4 is 5.43 Å². The smallest absolute Gasteiger partial charge is 0.234 e. The number of amides is 1. The van der Waals surface area contributed by atoms with Crippen LogP contribution in [0.2, 0.25) is 0 Å². The number of carbonyl (C=O) groups is 1. The lowest BCUT2D eigenvalue weighted by atomic mass is 10.1. The molecular weight excluding hydrogens is 284 g/mol. The molecule has 2 heterocycles. The molecule has 0 aliphatic carbocycles. The summed E-state index contributed by atoms with van der Waals surface area (Å²) in [4.78, 5) is 20.9. The lowest BCUT2D eigenvalue weighted by molar-refractivity contribution is -0.126. The maximum atomic E-state index is 12.0. The van der Waals surface area contributed by atoms with Crippen LogP contribution in [0.15, 0.2) is 5.16 Å². The fourth-order valence-electron chi connectivity index (χ4n) is 2.64. The summed E-state index contributed by atoms with van der Waals surface area (Å²) >= 11 is 1.55. The van der Waals surface area contributed by atoms with Gasteiger partial charge in [-0.25, -0.2) is 15.0 Å². The van der Waals surface area contributed by atoms with Crippen LogP contribution in [0.4, 0.5) is 0 Å². The summed E-state index contributed by atoms with van der Waals surface area (Å²) in [6.45, 7) is 5.92. The van der Waals surface area contributed by atoms with Gasteiger partial charge >= 0.3 is 0 Å². The van der Waals surface area contributed by atoms with Crippen molar-refractivity contribution >= 4 is 17.7 Å². The number of aryl methyl sites for hydroxylation is 2. The van der Waals surface area contributed by atoms with Gasteiger partial charge in [-0.2, -0.15) is 0 Å². The first-order valence-corrected chi connectivity index (χ1v) is 8.75. The largest absolute Gasteiger partial charge is 0.289 e. The van der Waals surface area contributed by atoms with Gasteiger partial charge in [0.15, 0.2) is 5.16 Å². The third-order valence-electron chi connectivity index (χ3n) is 3.82. The molecule has 0 saturated carbocycles. The molecule has 0 bridgehead atoms. The van der Waals surface area contributed by atoms with Gasteiger partial charge in [-0.15, -0.1) is 0 Å². The van der Waals surface area contributed by atoms with Gasteiger partial charge in [-0.1, -0.05) is 18.2 Å². The first kappa shape index (κ1) is 16.2. The summed E-state index contributed by atoms with van der Waals surface area (Å²) in [5, 5.41) is 2.84. The van der Waals surface area contributed by atoms with Gasteiger partial charge in [0.1, 0.15) is 0 Å². The van der Waals surface area contributed by atoms with Crippen LogP contribution in [0.3, 0.4) is 0 Å². The Morgan fingerprint density at radius 2 is 1.81 bits per heavy atom. The van der Waals surface area contributed by atoms with E-state index in [0.29, 0.717) is 12.8 Å². The van der Waals surface area contributed by atoms with Crippen LogP contribution in [0.25, 0.3) is 0 Å². The molecule has 21 heavy (non-hydrogen) atoms. The summed E-state index contributed by atoms with van der Waals surface area (Å²) in [5.74, 6) is 0.0876. The number of aromatic nitrogens is 2. The number of thioether (sulfide) groups is 1. The number of piperidine rings is 1. The van der Waals surface area contributed by atoms with E-state index in [1.807, 2.05) is 25.1 Å². The third-order valence-corrected chi connectivity index (χ3v) is 4.37. The van der Waals surface area contributed by atoms with Gasteiger partial charge in [0.05, 0.1) is 0 Å². The van der Waals surface area contributed by atoms with Crippen molar-refractivity contribution in [3.63, 3.8) is 0 Å². The molecule has 1 aliphatic heterocycles. The van der Waals surface area contributed by atoms with Gasteiger partial charge < -0.3 is 0 Å². The van der Waals surface area contributed by atoms with E-state index in [4.69, 9.17) is 0 Å². The van der Waals surface area contributed by atoms with Crippen LogP contribution >= 0.6 is 11.8 Å². The lowest BCUT2D eigenvalue weighted by Crippen LogP contribution is -2.45. The van der Waals surface area contributed by atoms with Crippen molar-refractivity contribution in [3.05, 3.63) is 17.0 Å². The van der Waals surface area contributed by atoms with Crippen LogP contribution in [0.5, 0.6) is 0 Å². The highest BCUT2D eigenvalue weighted by Gasteiger charge is 2.14. The summed E-state index contributed by atoms with van der Waals surface area (Å²) in [6.07, 6.45) is 6.76. The Bertz CT molecular complexity index is 477. The molecular formula is C15H24N4OS. The van der Waals surface area contributed by atoms with Gasteiger partial charge in [-0.3, -0.25) is 10.2 Å². The van der Waals surface area contributed by atoms with Gasteiger partial charge in [-0.05, 0) is 44.9 Å². The number of carbonyl (C=O) groups excluding carboxylic acids is 1. The maximum absolute atomic E-state index is 12.0. The summed E-state index contributed by atoms with van der Waals surface area (Å²) in [5.41, 5.74) is 6.07. The Morgan fingerprint density at radius 3 is 2.38 bits per heavy atom. The summed E-state index contributed by atoms with van der Waals surface area (Å²) in [7, 11) is 0. The molecule has 116 valence electrons. The second kappa shape index (κ2) is 7.75. The first-order chi connectivity index (χ1) is 10.1. The molecule has 0 aromatic carbocycles. The van der Waals surface area contributed by atoms with Crippen LogP contribution in [0.1, 0.15) is 42.6 Å². The number of hydrogen-bond donors (Lipinski definition) is 1. The normalized spacial score (nSPS) is 16.0. The maximum Gasteiger partial charge on any atom is 0.234 e. The molecule has 1 aromatic rings. The Morgan fingerprint density at radius 1 is 1.19 bits per heavy atom. The van der Waals surface area contributed by atoms with E-state index in [9.17, 15) is 4.79 Å². The number of nitrogens with one attached hydrogen (secondary N) is 1. The van der Waals surface area contributed by atoms with Crippen molar-refractivity contribution in [1.82, 2.24) is 20.4 Å². The molecule has 0 unspecified atom stereocenters. The molecule has 1 aliphatic rings. The zero-order valence-corrected chi connectivity index (χ0v) is 13.9. The lowest BCUT2D eigenvalue weighted by Gasteiger charge is -2.26. The van der Waals surface area contributed by atoms with Gasteiger partial charge in [0.25, 0.3) is 0 Å². The Balaban J connectivity index is 1.88. The number of hydrogen-bond acceptors (Lipinski definition) is 5. The highest BCUT2D eigenvalue weighted by molar-refractivity contribution is 7.98. The minimum absolute atomic E-state index is 0.0876. The monoisotopic (exact) mass is 308 g/mol. The third kappa shape index (κ3) is 4.68. The van der Waals surface area contributed by atoms with Crippen molar-refractivity contribution in [3.8, 4) is 0 Å². The number of rotatable bonds is 5. The van der Waals surface area contributed by atoms with Crippen LogP contribution in [-0.2, 0) is 11.2 Å². The van der Waals surface area contributed by atoms with E-state index in [1.165, 1.54) is 19.3 Å². The average molecular weight is 308 g/mol. The molecule has 1 N–H and O–H groups in total. The molecule has 0 radical (unpaired) electrons. The SMILES string of the molecule is CSc1nc(C)c(CCC(=O)NN2CCCCC2)c(C)n1. The minimum atomic E-state index is 0.0876. The van der Waals surface area contributed by atoms with E-state index in [0.717, 1.165) is 35.2 Å². The fraction of sp³-hybridized carbons (Fsp3) is 0.667. The van der Waals surface area contributed by atoms with Crippen molar-refractivity contribution in [2.75, 3.05) is 19.3 Å². The molecule has 1 fully saturated rings. The van der Waals surface area contributed by atoms with Crippen LogP contribution in [0, 0.1) is 13.8 Å². The topological polar surface area (TPSA) is 58.1 Å². The number of nitrogens with zero attached hydrogens (tertiary/aromatic N) is 3.